The van der Waals surface area contributed by atoms with E-state index in [0.717, 1.165) is 6.42 Å². The highest BCUT2D eigenvalue weighted by atomic mass is 16.4. The van der Waals surface area contributed by atoms with Crippen molar-refractivity contribution >= 4 is 11.9 Å². The molecule has 0 rings (SSSR count). The van der Waals surface area contributed by atoms with Gasteiger partial charge in [0, 0.05) is 12.0 Å². The van der Waals surface area contributed by atoms with Crippen LogP contribution in [0.5, 0.6) is 0 Å². The van der Waals surface area contributed by atoms with Gasteiger partial charge < -0.3 is 10.4 Å². The second kappa shape index (κ2) is 6.15. The Morgan fingerprint density at radius 1 is 1.05 bits per heavy atom. The number of nitrogens with one attached hydrogen (secondary N) is 1. The largest absolute Gasteiger partial charge is 0.481 e. The lowest BCUT2D eigenvalue weighted by Crippen LogP contribution is -2.57. The maximum absolute atomic E-state index is 12.1. The van der Waals surface area contributed by atoms with Gasteiger partial charge in [0.1, 0.15) is 0 Å². The zero-order valence-corrected chi connectivity index (χ0v) is 14.3. The second-order valence-electron chi connectivity index (χ2n) is 8.18. The minimum absolute atomic E-state index is 0.0823. The SMILES string of the molecule is CC(CC(=O)NC(C)(C)C(C)(C)C(=O)O)CC(C)(C)C. The van der Waals surface area contributed by atoms with Crippen LogP contribution in [0.2, 0.25) is 0 Å². The number of rotatable bonds is 6. The predicted molar refractivity (Wildman–Crippen MR) is 81.5 cm³/mol. The highest BCUT2D eigenvalue weighted by Crippen LogP contribution is 2.31. The topological polar surface area (TPSA) is 66.4 Å². The zero-order chi connectivity index (χ0) is 16.4. The van der Waals surface area contributed by atoms with Crippen LogP contribution in [0.4, 0.5) is 0 Å². The summed E-state index contributed by atoms with van der Waals surface area (Å²) in [7, 11) is 0. The molecule has 1 atom stereocenters. The van der Waals surface area contributed by atoms with E-state index >= 15 is 0 Å². The Bertz CT molecular complexity index is 364. The molecule has 0 radical (unpaired) electrons. The van der Waals surface area contributed by atoms with Gasteiger partial charge in [0.2, 0.25) is 5.91 Å². The molecule has 0 fully saturated rings. The van der Waals surface area contributed by atoms with Crippen molar-refractivity contribution in [3.8, 4) is 0 Å². The fraction of sp³-hybridized carbons (Fsp3) is 0.875. The number of carboxylic acids is 1. The summed E-state index contributed by atoms with van der Waals surface area (Å²) in [5.41, 5.74) is -1.62. The summed E-state index contributed by atoms with van der Waals surface area (Å²) in [6.07, 6.45) is 1.39. The fourth-order valence-electron chi connectivity index (χ4n) is 2.26. The number of carbonyl (C=O) groups is 2. The van der Waals surface area contributed by atoms with Gasteiger partial charge >= 0.3 is 5.97 Å². The van der Waals surface area contributed by atoms with Crippen LogP contribution in [0.3, 0.4) is 0 Å². The summed E-state index contributed by atoms with van der Waals surface area (Å²) in [5.74, 6) is -0.717. The molecule has 0 aliphatic rings. The van der Waals surface area contributed by atoms with Crippen LogP contribution in [0.15, 0.2) is 0 Å². The van der Waals surface area contributed by atoms with Gasteiger partial charge in [-0.15, -0.1) is 0 Å². The third-order valence-electron chi connectivity index (χ3n) is 4.04. The van der Waals surface area contributed by atoms with Crippen molar-refractivity contribution in [3.63, 3.8) is 0 Å². The fourth-order valence-corrected chi connectivity index (χ4v) is 2.26. The van der Waals surface area contributed by atoms with Crippen molar-refractivity contribution in [3.05, 3.63) is 0 Å². The van der Waals surface area contributed by atoms with Crippen LogP contribution in [-0.4, -0.2) is 22.5 Å². The van der Waals surface area contributed by atoms with Gasteiger partial charge in [-0.05, 0) is 45.4 Å². The Balaban J connectivity index is 4.65. The molecule has 0 saturated carbocycles. The first-order valence-electron chi connectivity index (χ1n) is 7.23. The molecule has 2 N–H and O–H groups in total. The molecule has 0 spiro atoms. The number of amides is 1. The third kappa shape index (κ3) is 5.51. The Morgan fingerprint density at radius 3 is 1.85 bits per heavy atom. The lowest BCUT2D eigenvalue weighted by molar-refractivity contribution is -0.151. The Labute approximate surface area is 123 Å². The van der Waals surface area contributed by atoms with Gasteiger partial charge in [-0.1, -0.05) is 27.7 Å². The van der Waals surface area contributed by atoms with Crippen molar-refractivity contribution in [1.29, 1.82) is 0 Å². The van der Waals surface area contributed by atoms with Crippen molar-refractivity contribution < 1.29 is 14.7 Å². The number of carbonyl (C=O) groups excluding carboxylic acids is 1. The molecule has 4 heteroatoms. The van der Waals surface area contributed by atoms with Gasteiger partial charge in [-0.25, -0.2) is 0 Å². The van der Waals surface area contributed by atoms with Gasteiger partial charge in [0.25, 0.3) is 0 Å². The molecule has 0 aromatic heterocycles. The highest BCUT2D eigenvalue weighted by Gasteiger charge is 2.44. The first-order chi connectivity index (χ1) is 8.69. The highest BCUT2D eigenvalue weighted by molar-refractivity contribution is 5.80. The summed E-state index contributed by atoms with van der Waals surface area (Å²) in [6, 6.07) is 0. The maximum atomic E-state index is 12.1. The Kier molecular flexibility index (Phi) is 5.82. The average molecular weight is 285 g/mol. The van der Waals surface area contributed by atoms with E-state index in [1.807, 2.05) is 0 Å². The molecule has 0 aromatic rings. The van der Waals surface area contributed by atoms with E-state index in [0.29, 0.717) is 6.42 Å². The lowest BCUT2D eigenvalue weighted by Gasteiger charge is -2.39. The first-order valence-corrected chi connectivity index (χ1v) is 7.23. The average Bonchev–Trinajstić information content (AvgIpc) is 2.11. The van der Waals surface area contributed by atoms with Crippen molar-refractivity contribution in [1.82, 2.24) is 5.32 Å². The molecule has 0 aliphatic carbocycles. The zero-order valence-electron chi connectivity index (χ0n) is 14.3. The van der Waals surface area contributed by atoms with E-state index in [2.05, 4.69) is 33.0 Å². The Morgan fingerprint density at radius 2 is 1.50 bits per heavy atom. The standard InChI is InChI=1S/C16H31NO3/c1-11(10-14(2,3)4)9-12(18)17-16(7,8)15(5,6)13(19)20/h11H,9-10H2,1-8H3,(H,17,18)(H,19,20). The van der Waals surface area contributed by atoms with E-state index in [9.17, 15) is 14.7 Å². The van der Waals surface area contributed by atoms with Crippen LogP contribution in [0, 0.1) is 16.7 Å². The van der Waals surface area contributed by atoms with Gasteiger partial charge in [-0.3, -0.25) is 9.59 Å². The smallest absolute Gasteiger partial charge is 0.311 e. The molecule has 0 heterocycles. The number of aliphatic carboxylic acids is 1. The monoisotopic (exact) mass is 285 g/mol. The summed E-state index contributed by atoms with van der Waals surface area (Å²) < 4.78 is 0. The Hall–Kier alpha value is -1.06. The normalized spacial score (nSPS) is 14.8. The summed E-state index contributed by atoms with van der Waals surface area (Å²) in [6.45, 7) is 15.3. The van der Waals surface area contributed by atoms with Crippen molar-refractivity contribution in [2.45, 2.75) is 73.8 Å². The molecule has 20 heavy (non-hydrogen) atoms. The van der Waals surface area contributed by atoms with Crippen LogP contribution < -0.4 is 5.32 Å². The molecule has 4 nitrogen and oxygen atoms in total. The van der Waals surface area contributed by atoms with E-state index in [4.69, 9.17) is 0 Å². The molecular weight excluding hydrogens is 254 g/mol. The van der Waals surface area contributed by atoms with Crippen LogP contribution >= 0.6 is 0 Å². The molecule has 1 amide bonds. The molecule has 0 saturated heterocycles. The summed E-state index contributed by atoms with van der Waals surface area (Å²) in [4.78, 5) is 23.4. The number of hydrogen-bond acceptors (Lipinski definition) is 2. The molecule has 1 unspecified atom stereocenters. The van der Waals surface area contributed by atoms with Crippen LogP contribution in [0.1, 0.15) is 68.2 Å². The van der Waals surface area contributed by atoms with Gasteiger partial charge in [0.05, 0.1) is 5.41 Å². The molecule has 0 bridgehead atoms. The minimum Gasteiger partial charge on any atom is -0.481 e. The van der Waals surface area contributed by atoms with E-state index < -0.39 is 16.9 Å². The van der Waals surface area contributed by atoms with E-state index in [1.54, 1.807) is 27.7 Å². The van der Waals surface area contributed by atoms with E-state index in [1.165, 1.54) is 0 Å². The predicted octanol–water partition coefficient (Wildman–Crippen LogP) is 3.45. The quantitative estimate of drug-likeness (QED) is 0.785. The van der Waals surface area contributed by atoms with Gasteiger partial charge in [-0.2, -0.15) is 0 Å². The first kappa shape index (κ1) is 18.9. The lowest BCUT2D eigenvalue weighted by atomic mass is 9.74. The summed E-state index contributed by atoms with van der Waals surface area (Å²) in [5, 5.41) is 12.1. The van der Waals surface area contributed by atoms with Crippen molar-refractivity contribution in [2.75, 3.05) is 0 Å². The number of hydrogen-bond donors (Lipinski definition) is 2. The number of carboxylic acid groups (broad SMARTS) is 1. The molecule has 0 aliphatic heterocycles. The van der Waals surface area contributed by atoms with Gasteiger partial charge in [0.15, 0.2) is 0 Å². The summed E-state index contributed by atoms with van der Waals surface area (Å²) >= 11 is 0. The molecule has 118 valence electrons. The third-order valence-corrected chi connectivity index (χ3v) is 4.04. The van der Waals surface area contributed by atoms with Crippen molar-refractivity contribution in [2.24, 2.45) is 16.7 Å². The molecule has 0 aromatic carbocycles. The van der Waals surface area contributed by atoms with Crippen LogP contribution in [0.25, 0.3) is 0 Å². The second-order valence-corrected chi connectivity index (χ2v) is 8.18. The molecular formula is C16H31NO3. The maximum Gasteiger partial charge on any atom is 0.311 e. The van der Waals surface area contributed by atoms with E-state index in [-0.39, 0.29) is 17.2 Å². The van der Waals surface area contributed by atoms with Crippen LogP contribution in [-0.2, 0) is 9.59 Å². The minimum atomic E-state index is -1.02.